The maximum absolute atomic E-state index is 12.6. The number of carbonyl (C=O) groups is 1. The largest absolute Gasteiger partial charge is 0.454 e. The average molecular weight is 381 g/mol. The highest BCUT2D eigenvalue weighted by molar-refractivity contribution is 6.31. The number of carbonyl (C=O) groups excluding carboxylic acids is 1. The third-order valence-electron chi connectivity index (χ3n) is 5.74. The van der Waals surface area contributed by atoms with Crippen LogP contribution in [0.3, 0.4) is 0 Å². The zero-order chi connectivity index (χ0) is 18.1. The molecule has 0 bridgehead atoms. The summed E-state index contributed by atoms with van der Waals surface area (Å²) in [5.74, 6) is 1.56. The van der Waals surface area contributed by atoms with Crippen LogP contribution in [0.15, 0.2) is 12.1 Å². The Labute approximate surface area is 158 Å². The van der Waals surface area contributed by atoms with E-state index in [9.17, 15) is 4.79 Å². The Hall–Kier alpha value is -1.50. The summed E-state index contributed by atoms with van der Waals surface area (Å²) in [7, 11) is 2.17. The molecule has 3 aliphatic rings. The maximum Gasteiger partial charge on any atom is 0.231 e. The van der Waals surface area contributed by atoms with Crippen LogP contribution in [0.4, 0.5) is 0 Å². The summed E-state index contributed by atoms with van der Waals surface area (Å²) in [4.78, 5) is 17.0. The number of rotatable bonds is 4. The van der Waals surface area contributed by atoms with E-state index in [0.717, 1.165) is 44.6 Å². The third-order valence-corrected chi connectivity index (χ3v) is 6.09. The Balaban J connectivity index is 1.42. The number of hydrogen-bond acceptors (Lipinski definition) is 5. The molecule has 26 heavy (non-hydrogen) atoms. The number of likely N-dealkylation sites (N-methyl/N-ethyl adjacent to an activating group) is 1. The van der Waals surface area contributed by atoms with Crippen molar-refractivity contribution in [3.05, 3.63) is 22.7 Å². The average Bonchev–Trinajstić information content (AvgIpc) is 3.28. The smallest absolute Gasteiger partial charge is 0.231 e. The van der Waals surface area contributed by atoms with Gasteiger partial charge in [0, 0.05) is 49.3 Å². The van der Waals surface area contributed by atoms with E-state index in [0.29, 0.717) is 41.6 Å². The van der Waals surface area contributed by atoms with Crippen LogP contribution < -0.4 is 9.47 Å². The standard InChI is InChI=1S/C19H25ClN2O4/c1-21(15-5-7-24-11-15)14-2-3-19(23)22(6-4-14)10-13-8-17-18(9-16(13)20)26-12-25-17/h8-9,14-15H,2-7,10-12H2,1H3. The molecule has 2 atom stereocenters. The van der Waals surface area contributed by atoms with Gasteiger partial charge in [0.05, 0.1) is 6.61 Å². The minimum Gasteiger partial charge on any atom is -0.454 e. The fraction of sp³-hybridized carbons (Fsp3) is 0.632. The van der Waals surface area contributed by atoms with Crippen molar-refractivity contribution in [2.75, 3.05) is 33.6 Å². The molecule has 0 spiro atoms. The quantitative estimate of drug-likeness (QED) is 0.803. The van der Waals surface area contributed by atoms with Gasteiger partial charge in [-0.15, -0.1) is 0 Å². The summed E-state index contributed by atoms with van der Waals surface area (Å²) in [5, 5.41) is 0.614. The summed E-state index contributed by atoms with van der Waals surface area (Å²) in [6.45, 7) is 3.12. The fourth-order valence-electron chi connectivity index (χ4n) is 4.02. The summed E-state index contributed by atoms with van der Waals surface area (Å²) in [6, 6.07) is 4.56. The molecule has 2 unspecified atom stereocenters. The van der Waals surface area contributed by atoms with Crippen LogP contribution in [0, 0.1) is 0 Å². The number of hydrogen-bond donors (Lipinski definition) is 0. The van der Waals surface area contributed by atoms with Crippen LogP contribution in [0.1, 0.15) is 31.2 Å². The molecule has 0 aromatic heterocycles. The van der Waals surface area contributed by atoms with Gasteiger partial charge in [-0.2, -0.15) is 0 Å². The van der Waals surface area contributed by atoms with Crippen LogP contribution in [0.2, 0.25) is 5.02 Å². The first-order valence-corrected chi connectivity index (χ1v) is 9.65. The van der Waals surface area contributed by atoms with Gasteiger partial charge in [-0.25, -0.2) is 0 Å². The minimum atomic E-state index is 0.192. The lowest BCUT2D eigenvalue weighted by atomic mass is 10.1. The molecule has 1 amide bonds. The molecular weight excluding hydrogens is 356 g/mol. The van der Waals surface area contributed by atoms with E-state index in [4.69, 9.17) is 25.8 Å². The van der Waals surface area contributed by atoms with E-state index in [1.54, 1.807) is 6.07 Å². The molecule has 142 valence electrons. The second kappa shape index (κ2) is 7.62. The van der Waals surface area contributed by atoms with Crippen LogP contribution in [0.25, 0.3) is 0 Å². The highest BCUT2D eigenvalue weighted by atomic mass is 35.5. The summed E-state index contributed by atoms with van der Waals surface area (Å²) >= 11 is 6.39. The topological polar surface area (TPSA) is 51.2 Å². The van der Waals surface area contributed by atoms with E-state index in [1.165, 1.54) is 0 Å². The van der Waals surface area contributed by atoms with Crippen LogP contribution in [-0.2, 0) is 16.1 Å². The maximum atomic E-state index is 12.6. The molecule has 3 heterocycles. The number of amides is 1. The van der Waals surface area contributed by atoms with E-state index >= 15 is 0 Å². The van der Waals surface area contributed by atoms with Gasteiger partial charge in [0.15, 0.2) is 11.5 Å². The number of likely N-dealkylation sites (tertiary alicyclic amines) is 1. The second-order valence-corrected chi connectivity index (χ2v) is 7.68. The molecule has 3 aliphatic heterocycles. The van der Waals surface area contributed by atoms with E-state index in [2.05, 4.69) is 11.9 Å². The molecule has 1 aromatic rings. The lowest BCUT2D eigenvalue weighted by Gasteiger charge is -2.31. The Kier molecular flexibility index (Phi) is 5.25. The zero-order valence-corrected chi connectivity index (χ0v) is 15.8. The van der Waals surface area contributed by atoms with E-state index < -0.39 is 0 Å². The second-order valence-electron chi connectivity index (χ2n) is 7.28. The van der Waals surface area contributed by atoms with Crippen molar-refractivity contribution in [3.8, 4) is 11.5 Å². The van der Waals surface area contributed by atoms with Gasteiger partial charge < -0.3 is 19.1 Å². The molecule has 0 saturated carbocycles. The van der Waals surface area contributed by atoms with Gasteiger partial charge in [0.1, 0.15) is 0 Å². The molecular formula is C19H25ClN2O4. The molecule has 0 aliphatic carbocycles. The van der Waals surface area contributed by atoms with Crippen molar-refractivity contribution in [1.29, 1.82) is 0 Å². The number of fused-ring (bicyclic) bond motifs is 1. The molecule has 2 saturated heterocycles. The lowest BCUT2D eigenvalue weighted by molar-refractivity contribution is -0.131. The zero-order valence-electron chi connectivity index (χ0n) is 15.1. The van der Waals surface area contributed by atoms with Gasteiger partial charge in [-0.3, -0.25) is 9.69 Å². The molecule has 6 nitrogen and oxygen atoms in total. The molecule has 1 aromatic carbocycles. The molecule has 2 fully saturated rings. The number of nitrogens with zero attached hydrogens (tertiary/aromatic N) is 2. The van der Waals surface area contributed by atoms with E-state index in [-0.39, 0.29) is 12.7 Å². The lowest BCUT2D eigenvalue weighted by Crippen LogP contribution is -2.41. The highest BCUT2D eigenvalue weighted by Gasteiger charge is 2.30. The summed E-state index contributed by atoms with van der Waals surface area (Å²) in [5.41, 5.74) is 0.903. The highest BCUT2D eigenvalue weighted by Crippen LogP contribution is 2.37. The first-order chi connectivity index (χ1) is 12.6. The van der Waals surface area contributed by atoms with Crippen LogP contribution in [0.5, 0.6) is 11.5 Å². The first kappa shape index (κ1) is 17.9. The van der Waals surface area contributed by atoms with Crippen molar-refractivity contribution in [2.45, 2.75) is 44.3 Å². The fourth-order valence-corrected chi connectivity index (χ4v) is 4.24. The van der Waals surface area contributed by atoms with E-state index in [1.807, 2.05) is 11.0 Å². The Morgan fingerprint density at radius 1 is 1.19 bits per heavy atom. The predicted molar refractivity (Wildman–Crippen MR) is 97.6 cm³/mol. The summed E-state index contributed by atoms with van der Waals surface area (Å²) in [6.07, 6.45) is 3.53. The van der Waals surface area contributed by atoms with Gasteiger partial charge in [-0.05, 0) is 37.9 Å². The number of ether oxygens (including phenoxy) is 3. The number of halogens is 1. The van der Waals surface area contributed by atoms with Gasteiger partial charge in [0.2, 0.25) is 12.7 Å². The van der Waals surface area contributed by atoms with Crippen molar-refractivity contribution >= 4 is 17.5 Å². The first-order valence-electron chi connectivity index (χ1n) is 9.27. The SMILES string of the molecule is CN(C1CCC(=O)N(Cc2cc3c(cc2Cl)OCO3)CC1)C1CCOC1. The molecule has 7 heteroatoms. The summed E-state index contributed by atoms with van der Waals surface area (Å²) < 4.78 is 16.3. The molecule has 4 rings (SSSR count). The van der Waals surface area contributed by atoms with Gasteiger partial charge in [-0.1, -0.05) is 11.6 Å². The van der Waals surface area contributed by atoms with Crippen molar-refractivity contribution in [1.82, 2.24) is 9.80 Å². The molecule has 0 radical (unpaired) electrons. The monoisotopic (exact) mass is 380 g/mol. The third kappa shape index (κ3) is 3.63. The Morgan fingerprint density at radius 3 is 2.77 bits per heavy atom. The molecule has 0 N–H and O–H groups in total. The van der Waals surface area contributed by atoms with Gasteiger partial charge in [0.25, 0.3) is 0 Å². The van der Waals surface area contributed by atoms with Crippen molar-refractivity contribution < 1.29 is 19.0 Å². The normalized spacial score (nSPS) is 25.8. The van der Waals surface area contributed by atoms with Crippen LogP contribution in [-0.4, -0.2) is 61.4 Å². The number of benzene rings is 1. The van der Waals surface area contributed by atoms with Crippen LogP contribution >= 0.6 is 11.6 Å². The Morgan fingerprint density at radius 2 is 2.00 bits per heavy atom. The van der Waals surface area contributed by atoms with Crippen molar-refractivity contribution in [2.24, 2.45) is 0 Å². The predicted octanol–water partition coefficient (Wildman–Crippen LogP) is 2.67. The minimum absolute atomic E-state index is 0.192. The van der Waals surface area contributed by atoms with Crippen molar-refractivity contribution in [3.63, 3.8) is 0 Å². The van der Waals surface area contributed by atoms with Gasteiger partial charge >= 0.3 is 0 Å². The Bertz CT molecular complexity index is 678.